The molecular formula is C13H13BrO2. The third-order valence-electron chi connectivity index (χ3n) is 2.48. The quantitative estimate of drug-likeness (QED) is 0.900. The first-order chi connectivity index (χ1) is 7.58. The molecule has 0 saturated heterocycles. The number of aliphatic hydroxyl groups excluding tert-OH is 1. The van der Waals surface area contributed by atoms with E-state index in [1.807, 2.05) is 25.1 Å². The highest BCUT2D eigenvalue weighted by Gasteiger charge is 2.09. The van der Waals surface area contributed by atoms with Gasteiger partial charge in [0.15, 0.2) is 0 Å². The van der Waals surface area contributed by atoms with E-state index in [4.69, 9.17) is 4.42 Å². The first-order valence-electron chi connectivity index (χ1n) is 5.12. The number of benzene rings is 1. The lowest BCUT2D eigenvalue weighted by molar-refractivity contribution is 0.170. The number of halogens is 1. The lowest BCUT2D eigenvalue weighted by Crippen LogP contribution is -1.85. The molecule has 0 spiro atoms. The molecule has 16 heavy (non-hydrogen) atoms. The Balaban J connectivity index is 2.39. The fraction of sp³-hybridized carbons (Fsp3) is 0.231. The van der Waals surface area contributed by atoms with E-state index in [2.05, 4.69) is 22.0 Å². The van der Waals surface area contributed by atoms with Gasteiger partial charge in [-0.1, -0.05) is 22.0 Å². The molecule has 0 aliphatic heterocycles. The van der Waals surface area contributed by atoms with Crippen molar-refractivity contribution in [1.82, 2.24) is 0 Å². The highest BCUT2D eigenvalue weighted by atomic mass is 79.9. The van der Waals surface area contributed by atoms with E-state index in [9.17, 15) is 5.11 Å². The minimum atomic E-state index is -0.565. The van der Waals surface area contributed by atoms with Gasteiger partial charge in [-0.3, -0.25) is 0 Å². The van der Waals surface area contributed by atoms with Crippen LogP contribution in [0, 0.1) is 6.92 Å². The van der Waals surface area contributed by atoms with Crippen molar-refractivity contribution in [3.8, 4) is 11.3 Å². The summed E-state index contributed by atoms with van der Waals surface area (Å²) in [5.74, 6) is 1.38. The van der Waals surface area contributed by atoms with Crippen LogP contribution in [-0.2, 0) is 0 Å². The van der Waals surface area contributed by atoms with Gasteiger partial charge in [0.25, 0.3) is 0 Å². The Morgan fingerprint density at radius 2 is 2.00 bits per heavy atom. The number of hydrogen-bond acceptors (Lipinski definition) is 2. The highest BCUT2D eigenvalue weighted by molar-refractivity contribution is 9.10. The number of rotatable bonds is 2. The Bertz CT molecular complexity index is 500. The van der Waals surface area contributed by atoms with Crippen LogP contribution in [0.15, 0.2) is 39.2 Å². The van der Waals surface area contributed by atoms with E-state index in [0.717, 1.165) is 21.4 Å². The maximum atomic E-state index is 9.38. The topological polar surface area (TPSA) is 33.4 Å². The molecule has 1 heterocycles. The van der Waals surface area contributed by atoms with Crippen molar-refractivity contribution < 1.29 is 9.52 Å². The number of aryl methyl sites for hydroxylation is 1. The zero-order chi connectivity index (χ0) is 11.7. The van der Waals surface area contributed by atoms with Gasteiger partial charge in [-0.15, -0.1) is 0 Å². The molecule has 1 unspecified atom stereocenters. The Hall–Kier alpha value is -1.06. The van der Waals surface area contributed by atoms with Gasteiger partial charge < -0.3 is 9.52 Å². The van der Waals surface area contributed by atoms with Crippen LogP contribution in [-0.4, -0.2) is 5.11 Å². The van der Waals surface area contributed by atoms with Crippen LogP contribution in [0.4, 0.5) is 0 Å². The Morgan fingerprint density at radius 3 is 2.56 bits per heavy atom. The third-order valence-corrected chi connectivity index (χ3v) is 3.37. The first-order valence-corrected chi connectivity index (χ1v) is 5.91. The van der Waals surface area contributed by atoms with Gasteiger partial charge >= 0.3 is 0 Å². The van der Waals surface area contributed by atoms with Crippen molar-refractivity contribution >= 4 is 15.9 Å². The Kier molecular flexibility index (Phi) is 3.17. The molecule has 0 radical (unpaired) electrons. The summed E-state index contributed by atoms with van der Waals surface area (Å²) in [6, 6.07) is 9.72. The average Bonchev–Trinajstić information content (AvgIpc) is 2.71. The summed E-state index contributed by atoms with van der Waals surface area (Å²) in [6.45, 7) is 3.72. The van der Waals surface area contributed by atoms with Crippen LogP contribution in [0.25, 0.3) is 11.3 Å². The molecule has 3 heteroatoms. The van der Waals surface area contributed by atoms with Crippen LogP contribution in [0.1, 0.15) is 24.4 Å². The number of hydrogen-bond donors (Lipinski definition) is 1. The predicted octanol–water partition coefficient (Wildman–Crippen LogP) is 4.07. The fourth-order valence-corrected chi connectivity index (χ4v) is 1.78. The lowest BCUT2D eigenvalue weighted by atomic mass is 10.1. The standard InChI is InChI=1S/C13H13BrO2/c1-8-7-10(3-4-11(8)14)13-6-5-12(16-13)9(2)15/h3-7,9,15H,1-2H3. The van der Waals surface area contributed by atoms with Crippen molar-refractivity contribution in [3.05, 3.63) is 46.1 Å². The molecular weight excluding hydrogens is 268 g/mol. The minimum absolute atomic E-state index is 0.565. The molecule has 2 rings (SSSR count). The van der Waals surface area contributed by atoms with Crippen LogP contribution < -0.4 is 0 Å². The smallest absolute Gasteiger partial charge is 0.134 e. The molecule has 2 nitrogen and oxygen atoms in total. The Morgan fingerprint density at radius 1 is 1.25 bits per heavy atom. The maximum Gasteiger partial charge on any atom is 0.134 e. The monoisotopic (exact) mass is 280 g/mol. The molecule has 0 saturated carbocycles. The molecule has 1 aromatic heterocycles. The fourth-order valence-electron chi connectivity index (χ4n) is 1.53. The molecule has 0 amide bonds. The normalized spacial score (nSPS) is 12.8. The molecule has 1 aromatic carbocycles. The van der Waals surface area contributed by atoms with Gasteiger partial charge in [0.2, 0.25) is 0 Å². The van der Waals surface area contributed by atoms with Gasteiger partial charge in [0.1, 0.15) is 17.6 Å². The van der Waals surface area contributed by atoms with Crippen LogP contribution in [0.3, 0.4) is 0 Å². The third kappa shape index (κ3) is 2.20. The largest absolute Gasteiger partial charge is 0.458 e. The second-order valence-electron chi connectivity index (χ2n) is 3.84. The summed E-state index contributed by atoms with van der Waals surface area (Å²) in [5.41, 5.74) is 2.18. The summed E-state index contributed by atoms with van der Waals surface area (Å²) >= 11 is 3.46. The Labute approximate surface area is 103 Å². The predicted molar refractivity (Wildman–Crippen MR) is 67.2 cm³/mol. The van der Waals surface area contributed by atoms with E-state index >= 15 is 0 Å². The summed E-state index contributed by atoms with van der Waals surface area (Å²) in [7, 11) is 0. The van der Waals surface area contributed by atoms with Crippen LogP contribution >= 0.6 is 15.9 Å². The van der Waals surface area contributed by atoms with E-state index < -0.39 is 6.10 Å². The SMILES string of the molecule is Cc1cc(-c2ccc(C(C)O)o2)ccc1Br. The molecule has 0 aliphatic carbocycles. The first kappa shape index (κ1) is 11.4. The molecule has 2 aromatic rings. The van der Waals surface area contributed by atoms with E-state index in [0.29, 0.717) is 5.76 Å². The second kappa shape index (κ2) is 4.44. The van der Waals surface area contributed by atoms with E-state index in [1.165, 1.54) is 0 Å². The number of aliphatic hydroxyl groups is 1. The molecule has 84 valence electrons. The minimum Gasteiger partial charge on any atom is -0.458 e. The van der Waals surface area contributed by atoms with Crippen molar-refractivity contribution in [2.75, 3.05) is 0 Å². The summed E-state index contributed by atoms with van der Waals surface area (Å²) < 4.78 is 6.64. The van der Waals surface area contributed by atoms with E-state index in [-0.39, 0.29) is 0 Å². The molecule has 1 N–H and O–H groups in total. The lowest BCUT2D eigenvalue weighted by Gasteiger charge is -2.02. The second-order valence-corrected chi connectivity index (χ2v) is 4.70. The van der Waals surface area contributed by atoms with Gasteiger partial charge in [0, 0.05) is 10.0 Å². The summed E-state index contributed by atoms with van der Waals surface area (Å²) in [4.78, 5) is 0. The number of furan rings is 1. The van der Waals surface area contributed by atoms with Gasteiger partial charge in [-0.2, -0.15) is 0 Å². The van der Waals surface area contributed by atoms with Crippen molar-refractivity contribution in [3.63, 3.8) is 0 Å². The van der Waals surface area contributed by atoms with Crippen molar-refractivity contribution in [2.45, 2.75) is 20.0 Å². The highest BCUT2D eigenvalue weighted by Crippen LogP contribution is 2.28. The summed E-state index contributed by atoms with van der Waals surface area (Å²) in [5, 5.41) is 9.38. The van der Waals surface area contributed by atoms with Crippen LogP contribution in [0.5, 0.6) is 0 Å². The molecule has 0 aliphatic rings. The average molecular weight is 281 g/mol. The summed E-state index contributed by atoms with van der Waals surface area (Å²) in [6.07, 6.45) is -0.565. The zero-order valence-corrected chi connectivity index (χ0v) is 10.8. The van der Waals surface area contributed by atoms with Gasteiger partial charge in [0.05, 0.1) is 0 Å². The van der Waals surface area contributed by atoms with Gasteiger partial charge in [-0.25, -0.2) is 0 Å². The van der Waals surface area contributed by atoms with Crippen molar-refractivity contribution in [1.29, 1.82) is 0 Å². The zero-order valence-electron chi connectivity index (χ0n) is 9.20. The molecule has 0 bridgehead atoms. The van der Waals surface area contributed by atoms with E-state index in [1.54, 1.807) is 13.0 Å². The van der Waals surface area contributed by atoms with Crippen LogP contribution in [0.2, 0.25) is 0 Å². The molecule has 1 atom stereocenters. The van der Waals surface area contributed by atoms with Crippen molar-refractivity contribution in [2.24, 2.45) is 0 Å². The molecule has 0 fully saturated rings. The maximum absolute atomic E-state index is 9.38. The van der Waals surface area contributed by atoms with Gasteiger partial charge in [-0.05, 0) is 43.7 Å².